The Hall–Kier alpha value is -0.860. The van der Waals surface area contributed by atoms with Gasteiger partial charge >= 0.3 is 0 Å². The molecule has 0 saturated carbocycles. The topological polar surface area (TPSA) is 15.3 Å². The zero-order chi connectivity index (χ0) is 15.9. The van der Waals surface area contributed by atoms with Crippen molar-refractivity contribution < 1.29 is 0 Å². The van der Waals surface area contributed by atoms with Gasteiger partial charge in [0.2, 0.25) is 0 Å². The fraction of sp³-hybridized carbons (Fsp3) is 0.684. The lowest BCUT2D eigenvalue weighted by Gasteiger charge is -2.39. The fourth-order valence-corrected chi connectivity index (χ4v) is 2.80. The van der Waals surface area contributed by atoms with Gasteiger partial charge in [-0.2, -0.15) is 0 Å². The number of rotatable bonds is 9. The summed E-state index contributed by atoms with van der Waals surface area (Å²) in [6.45, 7) is 16.9. The molecule has 0 aliphatic rings. The monoisotopic (exact) mass is 290 g/mol. The van der Waals surface area contributed by atoms with Crippen molar-refractivity contribution in [3.8, 4) is 0 Å². The van der Waals surface area contributed by atoms with Crippen LogP contribution in [0.1, 0.15) is 53.5 Å². The summed E-state index contributed by atoms with van der Waals surface area (Å²) in [5.41, 5.74) is 1.57. The molecule has 0 saturated heterocycles. The molecule has 2 unspecified atom stereocenters. The second-order valence-corrected chi connectivity index (χ2v) is 6.78. The number of benzene rings is 1. The van der Waals surface area contributed by atoms with Crippen LogP contribution in [-0.2, 0) is 5.41 Å². The van der Waals surface area contributed by atoms with E-state index in [1.54, 1.807) is 0 Å². The molecular weight excluding hydrogens is 256 g/mol. The smallest absolute Gasteiger partial charge is 0.0177 e. The predicted molar refractivity (Wildman–Crippen MR) is 93.9 cm³/mol. The first-order valence-electron chi connectivity index (χ1n) is 8.46. The van der Waals surface area contributed by atoms with Crippen LogP contribution >= 0.6 is 0 Å². The third-order valence-electron chi connectivity index (χ3n) is 4.54. The first kappa shape index (κ1) is 18.2. The second kappa shape index (κ2) is 8.55. The van der Waals surface area contributed by atoms with Gasteiger partial charge < -0.3 is 10.2 Å². The van der Waals surface area contributed by atoms with Gasteiger partial charge in [-0.05, 0) is 25.5 Å². The van der Waals surface area contributed by atoms with Gasteiger partial charge in [0, 0.05) is 30.6 Å². The van der Waals surface area contributed by atoms with Crippen molar-refractivity contribution in [3.05, 3.63) is 35.9 Å². The maximum absolute atomic E-state index is 3.64. The summed E-state index contributed by atoms with van der Waals surface area (Å²) in [6.07, 6.45) is 1.20. The molecule has 0 heterocycles. The highest BCUT2D eigenvalue weighted by Gasteiger charge is 2.30. The molecule has 2 heteroatoms. The normalized spacial score (nSPS) is 16.2. The zero-order valence-corrected chi connectivity index (χ0v) is 14.8. The van der Waals surface area contributed by atoms with E-state index in [1.165, 1.54) is 12.0 Å². The van der Waals surface area contributed by atoms with E-state index in [4.69, 9.17) is 0 Å². The maximum atomic E-state index is 3.64. The van der Waals surface area contributed by atoms with Crippen LogP contribution in [-0.4, -0.2) is 36.6 Å². The van der Waals surface area contributed by atoms with Gasteiger partial charge in [0.05, 0.1) is 0 Å². The summed E-state index contributed by atoms with van der Waals surface area (Å²) in [6, 6.07) is 12.1. The van der Waals surface area contributed by atoms with E-state index in [1.807, 2.05) is 0 Å². The van der Waals surface area contributed by atoms with Gasteiger partial charge in [0.25, 0.3) is 0 Å². The molecule has 0 bridgehead atoms. The van der Waals surface area contributed by atoms with Crippen molar-refractivity contribution in [1.29, 1.82) is 0 Å². The lowest BCUT2D eigenvalue weighted by molar-refractivity contribution is 0.166. The van der Waals surface area contributed by atoms with Crippen LogP contribution in [0.2, 0.25) is 0 Å². The predicted octanol–water partition coefficient (Wildman–Crippen LogP) is 4.06. The molecule has 0 aromatic heterocycles. The first-order chi connectivity index (χ1) is 9.92. The minimum atomic E-state index is 0.144. The highest BCUT2D eigenvalue weighted by Crippen LogP contribution is 2.25. The third-order valence-corrected chi connectivity index (χ3v) is 4.54. The summed E-state index contributed by atoms with van der Waals surface area (Å²) in [4.78, 5) is 2.61. The van der Waals surface area contributed by atoms with E-state index in [0.717, 1.165) is 19.6 Å². The molecule has 0 spiro atoms. The Bertz CT molecular complexity index is 388. The summed E-state index contributed by atoms with van der Waals surface area (Å²) in [5, 5.41) is 3.64. The van der Waals surface area contributed by atoms with Crippen LogP contribution in [0, 0.1) is 0 Å². The Kier molecular flexibility index (Phi) is 7.41. The number of likely N-dealkylation sites (N-methyl/N-ethyl adjacent to an activating group) is 1. The van der Waals surface area contributed by atoms with Crippen molar-refractivity contribution in [3.63, 3.8) is 0 Å². The molecule has 2 nitrogen and oxygen atoms in total. The molecular formula is C19H34N2. The maximum Gasteiger partial charge on any atom is 0.0177 e. The SMILES string of the molecule is CCC(C)N(CC)CC(C)(CNC(C)C)c1ccccc1. The van der Waals surface area contributed by atoms with Gasteiger partial charge in [-0.15, -0.1) is 0 Å². The number of nitrogens with one attached hydrogen (secondary N) is 1. The van der Waals surface area contributed by atoms with E-state index in [9.17, 15) is 0 Å². The second-order valence-electron chi connectivity index (χ2n) is 6.78. The Morgan fingerprint density at radius 3 is 2.19 bits per heavy atom. The standard InChI is InChI=1S/C19H34N2/c1-7-17(5)21(8-2)15-19(6,14-20-16(3)4)18-12-10-9-11-13-18/h9-13,16-17,20H,7-8,14-15H2,1-6H3. The van der Waals surface area contributed by atoms with Crippen molar-refractivity contribution >= 4 is 0 Å². The van der Waals surface area contributed by atoms with Gasteiger partial charge in [-0.25, -0.2) is 0 Å². The number of nitrogens with zero attached hydrogens (tertiary/aromatic N) is 1. The molecule has 1 aromatic rings. The number of hydrogen-bond donors (Lipinski definition) is 1. The first-order valence-corrected chi connectivity index (χ1v) is 8.46. The van der Waals surface area contributed by atoms with Gasteiger partial charge in [-0.1, -0.05) is 65.0 Å². The van der Waals surface area contributed by atoms with Crippen LogP contribution in [0.25, 0.3) is 0 Å². The summed E-state index contributed by atoms with van der Waals surface area (Å²) in [5.74, 6) is 0. The molecule has 1 N–H and O–H groups in total. The Balaban J connectivity index is 2.96. The molecule has 0 radical (unpaired) electrons. The highest BCUT2D eigenvalue weighted by molar-refractivity contribution is 5.25. The van der Waals surface area contributed by atoms with Gasteiger partial charge in [0.1, 0.15) is 0 Å². The summed E-state index contributed by atoms with van der Waals surface area (Å²) in [7, 11) is 0. The molecule has 1 aromatic carbocycles. The van der Waals surface area contributed by atoms with E-state index < -0.39 is 0 Å². The summed E-state index contributed by atoms with van der Waals surface area (Å²) >= 11 is 0. The summed E-state index contributed by atoms with van der Waals surface area (Å²) < 4.78 is 0. The average Bonchev–Trinajstić information content (AvgIpc) is 2.50. The Labute approximate surface area is 131 Å². The molecule has 120 valence electrons. The van der Waals surface area contributed by atoms with E-state index in [0.29, 0.717) is 12.1 Å². The highest BCUT2D eigenvalue weighted by atomic mass is 15.2. The molecule has 0 aliphatic heterocycles. The van der Waals surface area contributed by atoms with Gasteiger partial charge in [-0.3, -0.25) is 0 Å². The lowest BCUT2D eigenvalue weighted by Crippen LogP contribution is -2.49. The van der Waals surface area contributed by atoms with E-state index in [2.05, 4.69) is 82.1 Å². The van der Waals surface area contributed by atoms with Crippen LogP contribution in [0.15, 0.2) is 30.3 Å². The average molecular weight is 290 g/mol. The van der Waals surface area contributed by atoms with Crippen LogP contribution in [0.5, 0.6) is 0 Å². The lowest BCUT2D eigenvalue weighted by atomic mass is 9.81. The Morgan fingerprint density at radius 2 is 1.71 bits per heavy atom. The molecule has 1 rings (SSSR count). The molecule has 0 amide bonds. The molecule has 21 heavy (non-hydrogen) atoms. The fourth-order valence-electron chi connectivity index (χ4n) is 2.80. The van der Waals surface area contributed by atoms with Crippen molar-refractivity contribution in [2.75, 3.05) is 19.6 Å². The van der Waals surface area contributed by atoms with Crippen molar-refractivity contribution in [1.82, 2.24) is 10.2 Å². The number of hydrogen-bond acceptors (Lipinski definition) is 2. The van der Waals surface area contributed by atoms with Crippen molar-refractivity contribution in [2.45, 2.75) is 65.5 Å². The van der Waals surface area contributed by atoms with Crippen molar-refractivity contribution in [2.24, 2.45) is 0 Å². The van der Waals surface area contributed by atoms with E-state index >= 15 is 0 Å². The quantitative estimate of drug-likeness (QED) is 0.738. The van der Waals surface area contributed by atoms with Crippen LogP contribution in [0.3, 0.4) is 0 Å². The molecule has 0 aliphatic carbocycles. The minimum Gasteiger partial charge on any atom is -0.314 e. The van der Waals surface area contributed by atoms with E-state index in [-0.39, 0.29) is 5.41 Å². The minimum absolute atomic E-state index is 0.144. The Morgan fingerprint density at radius 1 is 1.10 bits per heavy atom. The van der Waals surface area contributed by atoms with Gasteiger partial charge in [0.15, 0.2) is 0 Å². The zero-order valence-electron chi connectivity index (χ0n) is 14.8. The van der Waals surface area contributed by atoms with Crippen LogP contribution < -0.4 is 5.32 Å². The third kappa shape index (κ3) is 5.44. The van der Waals surface area contributed by atoms with Crippen LogP contribution in [0.4, 0.5) is 0 Å². The molecule has 2 atom stereocenters. The largest absolute Gasteiger partial charge is 0.314 e. The molecule has 0 fully saturated rings.